The molecule has 0 amide bonds. The van der Waals surface area contributed by atoms with Crippen LogP contribution in [0.1, 0.15) is 5.56 Å². The number of alkyl halides is 3. The van der Waals surface area contributed by atoms with Gasteiger partial charge < -0.3 is 10.5 Å². The molecule has 1 aromatic rings. The molecule has 8 heteroatoms. The number of nitrogens with one attached hydrogen (secondary N) is 1. The lowest BCUT2D eigenvalue weighted by Crippen LogP contribution is -2.20. The summed E-state index contributed by atoms with van der Waals surface area (Å²) in [6.45, 7) is -1.50. The summed E-state index contributed by atoms with van der Waals surface area (Å²) >= 11 is 5.66. The number of rotatable bonds is 3. The van der Waals surface area contributed by atoms with Crippen LogP contribution in [-0.2, 0) is 0 Å². The molecule has 0 saturated heterocycles. The molecule has 3 N–H and O–H groups in total. The van der Waals surface area contributed by atoms with Crippen molar-refractivity contribution >= 4 is 17.4 Å². The number of nitrogens with two attached hydrogens (primary N) is 1. The highest BCUT2D eigenvalue weighted by atomic mass is 35.5. The molecular formula is C8H7ClF3N3O. The predicted molar refractivity (Wildman–Crippen MR) is 51.8 cm³/mol. The molecule has 0 aliphatic carbocycles. The molecule has 0 spiro atoms. The summed E-state index contributed by atoms with van der Waals surface area (Å²) in [5, 5.41) is 6.91. The van der Waals surface area contributed by atoms with E-state index in [0.29, 0.717) is 0 Å². The van der Waals surface area contributed by atoms with E-state index in [4.69, 9.17) is 22.7 Å². The summed E-state index contributed by atoms with van der Waals surface area (Å²) in [5.41, 5.74) is 5.24. The second-order valence-electron chi connectivity index (χ2n) is 2.80. The lowest BCUT2D eigenvalue weighted by molar-refractivity contribution is -0.154. The van der Waals surface area contributed by atoms with Gasteiger partial charge >= 0.3 is 6.18 Å². The normalized spacial score (nSPS) is 11.2. The third-order valence-electron chi connectivity index (χ3n) is 1.52. The lowest BCUT2D eigenvalue weighted by Gasteiger charge is -2.10. The van der Waals surface area contributed by atoms with Gasteiger partial charge in [-0.3, -0.25) is 5.41 Å². The van der Waals surface area contributed by atoms with Gasteiger partial charge in [0.1, 0.15) is 10.9 Å². The average molecular weight is 254 g/mol. The monoisotopic (exact) mass is 253 g/mol. The van der Waals surface area contributed by atoms with Gasteiger partial charge in [0.15, 0.2) is 6.61 Å². The van der Waals surface area contributed by atoms with Crippen LogP contribution < -0.4 is 10.5 Å². The maximum atomic E-state index is 11.9. The number of nitrogens with zero attached hydrogens (tertiary/aromatic N) is 1. The summed E-state index contributed by atoms with van der Waals surface area (Å²) in [7, 11) is 0. The van der Waals surface area contributed by atoms with Crippen molar-refractivity contribution in [3.8, 4) is 5.88 Å². The van der Waals surface area contributed by atoms with Gasteiger partial charge in [-0.05, 0) is 6.07 Å². The van der Waals surface area contributed by atoms with Crippen molar-refractivity contribution in [3.05, 3.63) is 22.8 Å². The van der Waals surface area contributed by atoms with E-state index in [1.54, 1.807) is 0 Å². The molecule has 0 aromatic carbocycles. The summed E-state index contributed by atoms with van der Waals surface area (Å²) in [6.07, 6.45) is -3.31. The molecule has 4 nitrogen and oxygen atoms in total. The molecular weight excluding hydrogens is 247 g/mol. The van der Waals surface area contributed by atoms with E-state index < -0.39 is 18.7 Å². The van der Waals surface area contributed by atoms with E-state index in [0.717, 1.165) is 6.20 Å². The van der Waals surface area contributed by atoms with Crippen LogP contribution in [0.15, 0.2) is 12.3 Å². The van der Waals surface area contributed by atoms with Crippen molar-refractivity contribution in [2.75, 3.05) is 6.61 Å². The SMILES string of the molecule is N=C(N)c1ccnc(OCC(F)(F)F)c1Cl. The molecule has 1 rings (SSSR count). The Morgan fingerprint density at radius 1 is 1.56 bits per heavy atom. The van der Waals surface area contributed by atoms with Crippen molar-refractivity contribution in [1.82, 2.24) is 4.98 Å². The number of nitrogen functional groups attached to an aromatic ring is 1. The summed E-state index contributed by atoms with van der Waals surface area (Å²) in [6, 6.07) is 1.31. The fraction of sp³-hybridized carbons (Fsp3) is 0.250. The minimum absolute atomic E-state index is 0.0776. The molecule has 0 saturated carbocycles. The highest BCUT2D eigenvalue weighted by molar-refractivity contribution is 6.35. The van der Waals surface area contributed by atoms with Crippen LogP contribution in [0.4, 0.5) is 13.2 Å². The van der Waals surface area contributed by atoms with Gasteiger partial charge in [0.05, 0.1) is 0 Å². The topological polar surface area (TPSA) is 72.0 Å². The molecule has 0 bridgehead atoms. The van der Waals surface area contributed by atoms with E-state index in [1.807, 2.05) is 0 Å². The Labute approximate surface area is 93.7 Å². The predicted octanol–water partition coefficient (Wildman–Crippen LogP) is 1.96. The number of hydrogen-bond acceptors (Lipinski definition) is 3. The van der Waals surface area contributed by atoms with Gasteiger partial charge in [-0.15, -0.1) is 0 Å². The number of halogens is 4. The first-order valence-corrected chi connectivity index (χ1v) is 4.37. The Kier molecular flexibility index (Phi) is 3.58. The minimum Gasteiger partial charge on any atom is -0.467 e. The number of ether oxygens (including phenoxy) is 1. The molecule has 0 aliphatic rings. The van der Waals surface area contributed by atoms with Crippen LogP contribution in [0.25, 0.3) is 0 Å². The summed E-state index contributed by atoms with van der Waals surface area (Å²) in [5.74, 6) is -0.768. The number of aromatic nitrogens is 1. The first-order valence-electron chi connectivity index (χ1n) is 3.99. The first-order chi connectivity index (χ1) is 7.31. The fourth-order valence-electron chi connectivity index (χ4n) is 0.883. The maximum absolute atomic E-state index is 11.9. The minimum atomic E-state index is -4.47. The number of amidine groups is 1. The molecule has 0 atom stereocenters. The second-order valence-corrected chi connectivity index (χ2v) is 3.17. The molecule has 0 fully saturated rings. The average Bonchev–Trinajstić information content (AvgIpc) is 2.14. The molecule has 16 heavy (non-hydrogen) atoms. The highest BCUT2D eigenvalue weighted by Crippen LogP contribution is 2.26. The van der Waals surface area contributed by atoms with E-state index in [2.05, 4.69) is 9.72 Å². The Morgan fingerprint density at radius 2 is 2.19 bits per heavy atom. The van der Waals surface area contributed by atoms with Crippen molar-refractivity contribution in [1.29, 1.82) is 5.41 Å². The Hall–Kier alpha value is -1.50. The zero-order valence-corrected chi connectivity index (χ0v) is 8.56. The Balaban J connectivity index is 2.90. The zero-order chi connectivity index (χ0) is 12.3. The van der Waals surface area contributed by atoms with Crippen LogP contribution in [0, 0.1) is 5.41 Å². The molecule has 1 aromatic heterocycles. The van der Waals surface area contributed by atoms with Crippen LogP contribution in [0.3, 0.4) is 0 Å². The molecule has 0 aliphatic heterocycles. The van der Waals surface area contributed by atoms with E-state index in [1.165, 1.54) is 6.07 Å². The smallest absolute Gasteiger partial charge is 0.422 e. The molecule has 1 heterocycles. The fourth-order valence-corrected chi connectivity index (χ4v) is 1.15. The van der Waals surface area contributed by atoms with Crippen LogP contribution in [0.2, 0.25) is 5.02 Å². The van der Waals surface area contributed by atoms with Crippen molar-refractivity contribution in [2.45, 2.75) is 6.18 Å². The summed E-state index contributed by atoms with van der Waals surface area (Å²) < 4.78 is 40.0. The first kappa shape index (κ1) is 12.6. The van der Waals surface area contributed by atoms with Gasteiger partial charge in [0, 0.05) is 11.8 Å². The highest BCUT2D eigenvalue weighted by Gasteiger charge is 2.29. The quantitative estimate of drug-likeness (QED) is 0.639. The second kappa shape index (κ2) is 4.56. The number of pyridine rings is 1. The summed E-state index contributed by atoms with van der Waals surface area (Å²) in [4.78, 5) is 3.52. The third-order valence-corrected chi connectivity index (χ3v) is 1.89. The largest absolute Gasteiger partial charge is 0.467 e. The van der Waals surface area contributed by atoms with Gasteiger partial charge in [-0.2, -0.15) is 13.2 Å². The lowest BCUT2D eigenvalue weighted by atomic mass is 10.2. The van der Waals surface area contributed by atoms with Gasteiger partial charge in [-0.1, -0.05) is 11.6 Å². The number of hydrogen-bond donors (Lipinski definition) is 2. The zero-order valence-electron chi connectivity index (χ0n) is 7.81. The Morgan fingerprint density at radius 3 is 2.69 bits per heavy atom. The maximum Gasteiger partial charge on any atom is 0.422 e. The van der Waals surface area contributed by atoms with Gasteiger partial charge in [0.2, 0.25) is 5.88 Å². The molecule has 88 valence electrons. The van der Waals surface area contributed by atoms with Crippen LogP contribution >= 0.6 is 11.6 Å². The standard InChI is InChI=1S/C8H7ClF3N3O/c9-5-4(6(13)14)1-2-15-7(5)16-3-8(10,11)12/h1-2H,3H2,(H3,13,14). The van der Waals surface area contributed by atoms with Crippen LogP contribution in [0.5, 0.6) is 5.88 Å². The van der Waals surface area contributed by atoms with Crippen LogP contribution in [-0.4, -0.2) is 23.6 Å². The van der Waals surface area contributed by atoms with Crippen molar-refractivity contribution in [2.24, 2.45) is 5.73 Å². The van der Waals surface area contributed by atoms with E-state index in [-0.39, 0.29) is 16.4 Å². The third kappa shape index (κ3) is 3.27. The van der Waals surface area contributed by atoms with E-state index in [9.17, 15) is 13.2 Å². The van der Waals surface area contributed by atoms with E-state index >= 15 is 0 Å². The van der Waals surface area contributed by atoms with Gasteiger partial charge in [0.25, 0.3) is 0 Å². The van der Waals surface area contributed by atoms with Crippen molar-refractivity contribution in [3.63, 3.8) is 0 Å². The van der Waals surface area contributed by atoms with Gasteiger partial charge in [-0.25, -0.2) is 4.98 Å². The van der Waals surface area contributed by atoms with Crippen molar-refractivity contribution < 1.29 is 17.9 Å². The molecule has 0 unspecified atom stereocenters. The molecule has 0 radical (unpaired) electrons. The Bertz CT molecular complexity index is 408.